The molecular weight excluding hydrogens is 302 g/mol. The second-order valence-corrected chi connectivity index (χ2v) is 7.58. The predicted octanol–water partition coefficient (Wildman–Crippen LogP) is 1.72. The van der Waals surface area contributed by atoms with Crippen LogP contribution in [0.4, 0.5) is 0 Å². The Morgan fingerprint density at radius 3 is 2.73 bits per heavy atom. The average Bonchev–Trinajstić information content (AvgIpc) is 2.91. The largest absolute Gasteiger partial charge is 0.361 e. The molecule has 1 aromatic heterocycles. The van der Waals surface area contributed by atoms with E-state index in [1.807, 2.05) is 18.2 Å². The molecule has 0 atom stereocenters. The molecule has 2 aromatic rings. The van der Waals surface area contributed by atoms with Crippen molar-refractivity contribution >= 4 is 10.2 Å². The second kappa shape index (κ2) is 5.83. The van der Waals surface area contributed by atoms with E-state index >= 15 is 0 Å². The number of hydrogen-bond donors (Lipinski definition) is 0. The van der Waals surface area contributed by atoms with Crippen LogP contribution in [-0.2, 0) is 29.7 Å². The van der Waals surface area contributed by atoms with Crippen LogP contribution in [-0.4, -0.2) is 35.8 Å². The van der Waals surface area contributed by atoms with Gasteiger partial charge in [-0.25, -0.2) is 0 Å². The molecule has 0 bridgehead atoms. The fraction of sp³-hybridized carbons (Fsp3) is 0.400. The lowest BCUT2D eigenvalue weighted by Crippen LogP contribution is -2.44. The molecule has 1 aromatic carbocycles. The molecule has 6 nitrogen and oxygen atoms in total. The van der Waals surface area contributed by atoms with Crippen LogP contribution in [0.3, 0.4) is 0 Å². The minimum Gasteiger partial charge on any atom is -0.361 e. The van der Waals surface area contributed by atoms with Gasteiger partial charge in [0.15, 0.2) is 0 Å². The van der Waals surface area contributed by atoms with Crippen molar-refractivity contribution < 1.29 is 12.9 Å². The molecule has 0 fully saturated rings. The van der Waals surface area contributed by atoms with E-state index in [4.69, 9.17) is 4.52 Å². The molecule has 0 saturated carbocycles. The highest BCUT2D eigenvalue weighted by Gasteiger charge is 2.30. The molecule has 2 heterocycles. The molecule has 0 unspecified atom stereocenters. The zero-order valence-corrected chi connectivity index (χ0v) is 13.5. The molecule has 7 heteroatoms. The Kier molecular flexibility index (Phi) is 4.03. The van der Waals surface area contributed by atoms with Crippen LogP contribution in [0.5, 0.6) is 0 Å². The Bertz CT molecular complexity index is 770. The molecule has 1 aliphatic rings. The van der Waals surface area contributed by atoms with Crippen molar-refractivity contribution in [1.29, 1.82) is 0 Å². The van der Waals surface area contributed by atoms with Crippen LogP contribution < -0.4 is 0 Å². The number of hydrogen-bond acceptors (Lipinski definition) is 4. The maximum absolute atomic E-state index is 12.7. The van der Waals surface area contributed by atoms with Gasteiger partial charge in [-0.1, -0.05) is 29.4 Å². The lowest BCUT2D eigenvalue weighted by molar-refractivity contribution is 0.334. The Hall–Kier alpha value is -1.70. The van der Waals surface area contributed by atoms with E-state index < -0.39 is 10.2 Å². The van der Waals surface area contributed by atoms with Gasteiger partial charge in [0.05, 0.1) is 12.2 Å². The molecule has 0 aliphatic carbocycles. The van der Waals surface area contributed by atoms with E-state index in [2.05, 4.69) is 11.2 Å². The van der Waals surface area contributed by atoms with Gasteiger partial charge < -0.3 is 4.52 Å². The summed E-state index contributed by atoms with van der Waals surface area (Å²) in [4.78, 5) is 0. The van der Waals surface area contributed by atoms with Crippen molar-refractivity contribution in [3.8, 4) is 0 Å². The first kappa shape index (κ1) is 15.2. The first-order valence-corrected chi connectivity index (χ1v) is 8.57. The quantitative estimate of drug-likeness (QED) is 0.860. The zero-order chi connectivity index (χ0) is 15.7. The minimum atomic E-state index is -3.51. The van der Waals surface area contributed by atoms with Crippen molar-refractivity contribution in [2.45, 2.75) is 26.4 Å². The summed E-state index contributed by atoms with van der Waals surface area (Å²) in [6.07, 6.45) is 0.742. The number of aromatic nitrogens is 1. The van der Waals surface area contributed by atoms with Gasteiger partial charge in [0, 0.05) is 26.2 Å². The van der Waals surface area contributed by atoms with E-state index in [1.165, 1.54) is 14.2 Å². The van der Waals surface area contributed by atoms with Gasteiger partial charge in [0.1, 0.15) is 5.76 Å². The van der Waals surface area contributed by atoms with Crippen molar-refractivity contribution in [3.63, 3.8) is 0 Å². The number of benzene rings is 1. The van der Waals surface area contributed by atoms with Crippen LogP contribution in [0.2, 0.25) is 0 Å². The average molecular weight is 321 g/mol. The third-order valence-corrected chi connectivity index (χ3v) is 5.76. The van der Waals surface area contributed by atoms with Crippen molar-refractivity contribution in [2.75, 3.05) is 13.6 Å². The van der Waals surface area contributed by atoms with Gasteiger partial charge >= 0.3 is 0 Å². The Morgan fingerprint density at radius 2 is 2.05 bits per heavy atom. The van der Waals surface area contributed by atoms with E-state index in [0.29, 0.717) is 24.5 Å². The fourth-order valence-electron chi connectivity index (χ4n) is 2.67. The Balaban J connectivity index is 1.76. The molecule has 118 valence electrons. The molecule has 1 aliphatic heterocycles. The first-order valence-electron chi connectivity index (χ1n) is 7.17. The smallest absolute Gasteiger partial charge is 0.282 e. The summed E-state index contributed by atoms with van der Waals surface area (Å²) in [5, 5.41) is 3.85. The monoisotopic (exact) mass is 321 g/mol. The first-order chi connectivity index (χ1) is 10.5. The van der Waals surface area contributed by atoms with Crippen LogP contribution in [0, 0.1) is 6.92 Å². The van der Waals surface area contributed by atoms with E-state index in [1.54, 1.807) is 20.0 Å². The molecular formula is C15H19N3O3S. The number of rotatable bonds is 4. The molecule has 0 spiro atoms. The number of aryl methyl sites for hydroxylation is 1. The van der Waals surface area contributed by atoms with Gasteiger partial charge in [0.2, 0.25) is 0 Å². The lowest BCUT2D eigenvalue weighted by atomic mass is 10.0. The summed E-state index contributed by atoms with van der Waals surface area (Å²) in [5.41, 5.74) is 2.91. The fourth-order valence-corrected chi connectivity index (χ4v) is 3.98. The van der Waals surface area contributed by atoms with E-state index in [9.17, 15) is 8.42 Å². The number of nitrogens with zero attached hydrogens (tertiary/aromatic N) is 3. The van der Waals surface area contributed by atoms with Gasteiger partial charge in [-0.2, -0.15) is 17.0 Å². The molecule has 0 amide bonds. The third-order valence-electron chi connectivity index (χ3n) is 3.88. The van der Waals surface area contributed by atoms with E-state index in [-0.39, 0.29) is 6.54 Å². The minimum absolute atomic E-state index is 0.206. The van der Waals surface area contributed by atoms with Crippen molar-refractivity contribution in [2.24, 2.45) is 0 Å². The summed E-state index contributed by atoms with van der Waals surface area (Å²) in [6, 6.07) is 9.72. The third kappa shape index (κ3) is 2.92. The maximum Gasteiger partial charge on any atom is 0.282 e. The molecule has 3 rings (SSSR count). The summed E-state index contributed by atoms with van der Waals surface area (Å²) in [6.45, 7) is 2.91. The summed E-state index contributed by atoms with van der Waals surface area (Å²) in [7, 11) is -1.94. The molecule has 0 saturated heterocycles. The summed E-state index contributed by atoms with van der Waals surface area (Å²) in [5.74, 6) is 0.674. The molecule has 0 radical (unpaired) electrons. The van der Waals surface area contributed by atoms with Crippen LogP contribution in [0.15, 0.2) is 34.9 Å². The highest BCUT2D eigenvalue weighted by Crippen LogP contribution is 2.22. The standard InChI is InChI=1S/C15H19N3O3S/c1-12-9-15(16-21-12)11-17(2)22(19,20)18-8-7-13-5-3-4-6-14(13)10-18/h3-6,9H,7-8,10-11H2,1-2H3. The Morgan fingerprint density at radius 1 is 1.32 bits per heavy atom. The molecule has 22 heavy (non-hydrogen) atoms. The van der Waals surface area contributed by atoms with Crippen molar-refractivity contribution in [1.82, 2.24) is 13.8 Å². The summed E-state index contributed by atoms with van der Waals surface area (Å²) >= 11 is 0. The van der Waals surface area contributed by atoms with Gasteiger partial charge in [-0.3, -0.25) is 0 Å². The van der Waals surface area contributed by atoms with Crippen LogP contribution in [0.1, 0.15) is 22.6 Å². The molecule has 0 N–H and O–H groups in total. The number of fused-ring (bicyclic) bond motifs is 1. The highest BCUT2D eigenvalue weighted by molar-refractivity contribution is 7.86. The summed E-state index contributed by atoms with van der Waals surface area (Å²) < 4.78 is 33.2. The lowest BCUT2D eigenvalue weighted by Gasteiger charge is -2.31. The Labute approximate surface area is 130 Å². The van der Waals surface area contributed by atoms with Crippen LogP contribution in [0.25, 0.3) is 0 Å². The predicted molar refractivity (Wildman–Crippen MR) is 82.2 cm³/mol. The zero-order valence-electron chi connectivity index (χ0n) is 12.7. The van der Waals surface area contributed by atoms with Gasteiger partial charge in [0.25, 0.3) is 10.2 Å². The highest BCUT2D eigenvalue weighted by atomic mass is 32.2. The van der Waals surface area contributed by atoms with Crippen molar-refractivity contribution in [3.05, 3.63) is 52.9 Å². The normalized spacial score (nSPS) is 16.0. The topological polar surface area (TPSA) is 66.7 Å². The van der Waals surface area contributed by atoms with Crippen LogP contribution >= 0.6 is 0 Å². The van der Waals surface area contributed by atoms with Gasteiger partial charge in [-0.05, 0) is 24.5 Å². The SMILES string of the molecule is Cc1cc(CN(C)S(=O)(=O)N2CCc3ccccc3C2)no1. The van der Waals surface area contributed by atoms with Gasteiger partial charge in [-0.15, -0.1) is 0 Å². The van der Waals surface area contributed by atoms with E-state index in [0.717, 1.165) is 12.0 Å². The second-order valence-electron chi connectivity index (χ2n) is 5.54. The maximum atomic E-state index is 12.7.